The van der Waals surface area contributed by atoms with E-state index in [4.69, 9.17) is 35.3 Å². The van der Waals surface area contributed by atoms with E-state index in [9.17, 15) is 24.3 Å². The van der Waals surface area contributed by atoms with E-state index in [2.05, 4.69) is 5.32 Å². The molecule has 4 rings (SSSR count). The Morgan fingerprint density at radius 3 is 2.64 bits per heavy atom. The molecule has 14 heteroatoms. The second-order valence-electron chi connectivity index (χ2n) is 12.7. The van der Waals surface area contributed by atoms with Gasteiger partial charge < -0.3 is 38.6 Å². The van der Waals surface area contributed by atoms with E-state index in [1.807, 2.05) is 13.0 Å². The first-order chi connectivity index (χ1) is 22.1. The molecule has 1 aromatic carbocycles. The van der Waals surface area contributed by atoms with Gasteiger partial charge in [0.05, 0.1) is 25.3 Å². The van der Waals surface area contributed by atoms with Crippen LogP contribution in [-0.2, 0) is 39.8 Å². The zero-order valence-electron chi connectivity index (χ0n) is 27.9. The summed E-state index contributed by atoms with van der Waals surface area (Å²) in [4.78, 5) is 53.7. The summed E-state index contributed by atoms with van der Waals surface area (Å²) in [6, 6.07) is 2.63. The lowest BCUT2D eigenvalue weighted by molar-refractivity contribution is -0.160. The number of aliphatic hydroxyl groups is 1. The minimum Gasteiger partial charge on any atom is -0.495 e. The summed E-state index contributed by atoms with van der Waals surface area (Å²) >= 11 is 6.69. The number of hydrogen-bond acceptors (Lipinski definition) is 10. The summed E-state index contributed by atoms with van der Waals surface area (Å²) in [5.41, 5.74) is -0.866. The van der Waals surface area contributed by atoms with Crippen molar-refractivity contribution in [2.45, 2.75) is 88.7 Å². The second-order valence-corrected chi connectivity index (χ2v) is 13.0. The van der Waals surface area contributed by atoms with Crippen LogP contribution in [-0.4, -0.2) is 104 Å². The summed E-state index contributed by atoms with van der Waals surface area (Å²) in [6.45, 7) is 6.92. The molecular weight excluding hydrogens is 634 g/mol. The van der Waals surface area contributed by atoms with Crippen LogP contribution in [0.2, 0.25) is 5.02 Å². The van der Waals surface area contributed by atoms with Crippen LogP contribution in [0.3, 0.4) is 0 Å². The number of fused-ring (bicyclic) bond motifs is 5. The molecule has 3 aliphatic rings. The van der Waals surface area contributed by atoms with E-state index < -0.39 is 65.7 Å². The number of likely N-dealkylation sites (N-methyl/N-ethyl adjacent to an activating group) is 1. The molecule has 2 saturated heterocycles. The monoisotopic (exact) mass is 677 g/mol. The lowest BCUT2D eigenvalue weighted by Crippen LogP contribution is -2.63. The van der Waals surface area contributed by atoms with Gasteiger partial charge >= 0.3 is 12.1 Å². The van der Waals surface area contributed by atoms with Crippen LogP contribution in [0.4, 0.5) is 10.5 Å². The average Bonchev–Trinajstić information content (AvgIpc) is 3.73. The molecule has 2 unspecified atom stereocenters. The number of amides is 3. The van der Waals surface area contributed by atoms with Gasteiger partial charge in [-0.2, -0.15) is 0 Å². The Labute approximate surface area is 279 Å². The van der Waals surface area contributed by atoms with E-state index in [0.29, 0.717) is 24.3 Å². The minimum absolute atomic E-state index is 0.0429. The Balaban J connectivity index is 1.80. The maximum absolute atomic E-state index is 13.9. The van der Waals surface area contributed by atoms with E-state index in [0.717, 1.165) is 16.0 Å². The van der Waals surface area contributed by atoms with Crippen LogP contribution in [0.25, 0.3) is 0 Å². The predicted molar refractivity (Wildman–Crippen MR) is 172 cm³/mol. The molecule has 2 N–H and O–H groups in total. The fraction of sp³-hybridized carbons (Fsp3) is 0.576. The van der Waals surface area contributed by atoms with Gasteiger partial charge in [-0.3, -0.25) is 14.9 Å². The molecule has 8 atom stereocenters. The normalized spacial score (nSPS) is 33.6. The Hall–Kier alpha value is -3.65. The lowest BCUT2D eigenvalue weighted by Gasteiger charge is -2.42. The molecule has 2 fully saturated rings. The van der Waals surface area contributed by atoms with Crippen molar-refractivity contribution in [2.24, 2.45) is 5.92 Å². The van der Waals surface area contributed by atoms with Crippen LogP contribution < -0.4 is 15.0 Å². The molecule has 0 aromatic heterocycles. The Morgan fingerprint density at radius 2 is 2.00 bits per heavy atom. The van der Waals surface area contributed by atoms with Gasteiger partial charge in [0.2, 0.25) is 12.3 Å². The van der Waals surface area contributed by atoms with Crippen molar-refractivity contribution in [1.82, 2.24) is 10.2 Å². The summed E-state index contributed by atoms with van der Waals surface area (Å²) in [6.07, 6.45) is 1.53. The van der Waals surface area contributed by atoms with Crippen LogP contribution >= 0.6 is 11.6 Å². The second kappa shape index (κ2) is 14.2. The van der Waals surface area contributed by atoms with E-state index in [1.165, 1.54) is 33.1 Å². The molecule has 3 amide bonds. The standard InChI is InChI=1S/C33H44ClN3O10/c1-18-10-9-11-25(44-8)33(42)16-24(45-31(41)35-33)19(2)29-32(4,47-29)26(46-30(40)20(3)36(5)17-38)15-27(39)37(6)22-13-21(12-18)14-23(43-7)28(22)34/h9-11,13-14,17,19-20,24-26,29,42H,12,15-16H2,1-8H3,(H,35,41)/b11-9+,18-10+/t19-,20+,24?,25-,26+,29?,32+,33+/m1/s1. The third kappa shape index (κ3) is 7.58. The molecule has 3 aliphatic heterocycles. The molecule has 0 aliphatic carbocycles. The first-order valence-corrected chi connectivity index (χ1v) is 15.7. The fourth-order valence-corrected chi connectivity index (χ4v) is 6.41. The van der Waals surface area contributed by atoms with Crippen LogP contribution in [0.15, 0.2) is 35.9 Å². The molecule has 0 saturated carbocycles. The third-order valence-corrected chi connectivity index (χ3v) is 9.71. The first-order valence-electron chi connectivity index (χ1n) is 15.3. The number of nitrogens with one attached hydrogen (secondary N) is 1. The summed E-state index contributed by atoms with van der Waals surface area (Å²) in [5.74, 6) is -1.30. The van der Waals surface area contributed by atoms with E-state index in [1.54, 1.807) is 45.2 Å². The van der Waals surface area contributed by atoms with Crippen molar-refractivity contribution in [3.8, 4) is 5.75 Å². The first kappa shape index (κ1) is 36.2. The number of hydrogen-bond donors (Lipinski definition) is 2. The maximum Gasteiger partial charge on any atom is 0.409 e. The highest BCUT2D eigenvalue weighted by molar-refractivity contribution is 6.35. The topological polar surface area (TPSA) is 156 Å². The third-order valence-electron chi connectivity index (χ3n) is 9.33. The van der Waals surface area contributed by atoms with Gasteiger partial charge in [0.25, 0.3) is 0 Å². The predicted octanol–water partition coefficient (Wildman–Crippen LogP) is 3.14. The lowest BCUT2D eigenvalue weighted by atomic mass is 9.83. The van der Waals surface area contributed by atoms with Gasteiger partial charge in [-0.05, 0) is 44.9 Å². The quantitative estimate of drug-likeness (QED) is 0.261. The number of halogens is 1. The Kier molecular flexibility index (Phi) is 11.0. The number of alkyl carbamates (subject to hydrolysis) is 1. The zero-order chi connectivity index (χ0) is 34.8. The SMILES string of the molecule is COc1cc2cc(c1Cl)N(C)C(=O)C[C@H](OC(=O)[C@H](C)N(C)C=O)[C@]1(C)OC1[C@H](C)C1C[C@@](O)(NC(=O)O1)[C@H](OC)/C=C/C=C(\C)C2. The number of methoxy groups -OCH3 is 2. The summed E-state index contributed by atoms with van der Waals surface area (Å²) in [7, 11) is 5.92. The highest BCUT2D eigenvalue weighted by atomic mass is 35.5. The van der Waals surface area contributed by atoms with Crippen molar-refractivity contribution in [1.29, 1.82) is 0 Å². The average molecular weight is 678 g/mol. The zero-order valence-corrected chi connectivity index (χ0v) is 28.7. The number of epoxide rings is 1. The van der Waals surface area contributed by atoms with Gasteiger partial charge in [0.15, 0.2) is 5.72 Å². The number of rotatable bonds is 6. The number of allylic oxidation sites excluding steroid dienone is 3. The number of carbonyl (C=O) groups excluding carboxylic acids is 4. The van der Waals surface area contributed by atoms with Crippen molar-refractivity contribution in [3.63, 3.8) is 0 Å². The van der Waals surface area contributed by atoms with Gasteiger partial charge in [-0.15, -0.1) is 0 Å². The summed E-state index contributed by atoms with van der Waals surface area (Å²) in [5, 5.41) is 14.4. The Morgan fingerprint density at radius 1 is 1.30 bits per heavy atom. The molecule has 1 aromatic rings. The van der Waals surface area contributed by atoms with E-state index >= 15 is 0 Å². The van der Waals surface area contributed by atoms with Crippen molar-refractivity contribution in [3.05, 3.63) is 46.5 Å². The van der Waals surface area contributed by atoms with Crippen LogP contribution in [0.5, 0.6) is 5.75 Å². The number of benzene rings is 1. The van der Waals surface area contributed by atoms with Gasteiger partial charge in [0.1, 0.15) is 40.7 Å². The molecule has 13 nitrogen and oxygen atoms in total. The molecule has 0 spiro atoms. The molecule has 258 valence electrons. The van der Waals surface area contributed by atoms with Crippen LogP contribution in [0, 0.1) is 5.92 Å². The van der Waals surface area contributed by atoms with Crippen molar-refractivity contribution in [2.75, 3.05) is 33.2 Å². The van der Waals surface area contributed by atoms with Crippen molar-refractivity contribution < 1.29 is 48.0 Å². The number of nitrogens with zero attached hydrogens (tertiary/aromatic N) is 2. The minimum atomic E-state index is -1.81. The highest BCUT2D eigenvalue weighted by Crippen LogP contribution is 2.49. The highest BCUT2D eigenvalue weighted by Gasteiger charge is 2.64. The van der Waals surface area contributed by atoms with Gasteiger partial charge in [-0.1, -0.05) is 42.3 Å². The van der Waals surface area contributed by atoms with Crippen molar-refractivity contribution >= 4 is 41.7 Å². The number of ether oxygens (including phenoxy) is 5. The number of anilines is 1. The molecular formula is C33H44ClN3O10. The molecule has 4 bridgehead atoms. The molecule has 47 heavy (non-hydrogen) atoms. The van der Waals surface area contributed by atoms with E-state index in [-0.39, 0.29) is 17.9 Å². The van der Waals surface area contributed by atoms with Gasteiger partial charge in [0, 0.05) is 33.5 Å². The molecule has 3 heterocycles. The fourth-order valence-electron chi connectivity index (χ4n) is 6.10. The summed E-state index contributed by atoms with van der Waals surface area (Å²) < 4.78 is 28.8. The largest absolute Gasteiger partial charge is 0.495 e. The smallest absolute Gasteiger partial charge is 0.409 e. The van der Waals surface area contributed by atoms with Gasteiger partial charge in [-0.25, -0.2) is 9.59 Å². The molecule has 0 radical (unpaired) electrons. The Bertz CT molecular complexity index is 1450. The number of esters is 1. The maximum atomic E-state index is 13.9. The van der Waals surface area contributed by atoms with Crippen LogP contribution in [0.1, 0.15) is 46.1 Å². The number of carbonyl (C=O) groups is 4.